The predicted octanol–water partition coefficient (Wildman–Crippen LogP) is 2.21. The molecule has 8 heteroatoms. The molecule has 0 saturated carbocycles. The van der Waals surface area contributed by atoms with Gasteiger partial charge in [0.05, 0.1) is 0 Å². The average Bonchev–Trinajstić information content (AvgIpc) is 3.08. The monoisotopic (exact) mass is 302 g/mol. The summed E-state index contributed by atoms with van der Waals surface area (Å²) >= 11 is 0. The maximum Gasteiger partial charge on any atom is 0.250 e. The fourth-order valence-electron chi connectivity index (χ4n) is 1.80. The molecule has 7 nitrogen and oxygen atoms in total. The SMILES string of the molecule is CC(C)(C)c1noc(Cn2nnc(-c3cccc(F)c3)n2)n1. The standard InChI is InChI=1S/C14H15FN6O/c1-14(2,3)13-16-11(22-19-13)8-21-18-12(17-20-21)9-5-4-6-10(15)7-9/h4-7H,8H2,1-3H3. The van der Waals surface area contributed by atoms with Crippen LogP contribution in [0.15, 0.2) is 28.8 Å². The van der Waals surface area contributed by atoms with Gasteiger partial charge < -0.3 is 4.52 Å². The van der Waals surface area contributed by atoms with Crippen molar-refractivity contribution in [3.63, 3.8) is 0 Å². The number of nitrogens with zero attached hydrogens (tertiary/aromatic N) is 6. The number of halogens is 1. The Labute approximate surface area is 126 Å². The third-order valence-electron chi connectivity index (χ3n) is 2.95. The summed E-state index contributed by atoms with van der Waals surface area (Å²) in [5.74, 6) is 1.01. The number of benzene rings is 1. The Hall–Kier alpha value is -2.64. The summed E-state index contributed by atoms with van der Waals surface area (Å²) in [6.07, 6.45) is 0. The molecule has 2 heterocycles. The molecule has 0 spiro atoms. The Balaban J connectivity index is 1.79. The number of hydrogen-bond donors (Lipinski definition) is 0. The van der Waals surface area contributed by atoms with E-state index < -0.39 is 0 Å². The van der Waals surface area contributed by atoms with Crippen LogP contribution in [0.2, 0.25) is 0 Å². The molecule has 0 amide bonds. The molecule has 3 rings (SSSR count). The lowest BCUT2D eigenvalue weighted by Gasteiger charge is -2.10. The lowest BCUT2D eigenvalue weighted by Crippen LogP contribution is -2.13. The van der Waals surface area contributed by atoms with E-state index in [4.69, 9.17) is 4.52 Å². The normalized spacial score (nSPS) is 11.8. The van der Waals surface area contributed by atoms with Crippen LogP contribution in [0, 0.1) is 5.82 Å². The smallest absolute Gasteiger partial charge is 0.250 e. The van der Waals surface area contributed by atoms with Crippen LogP contribution >= 0.6 is 0 Å². The summed E-state index contributed by atoms with van der Waals surface area (Å²) in [6.45, 7) is 6.21. The Kier molecular flexibility index (Phi) is 3.44. The van der Waals surface area contributed by atoms with Gasteiger partial charge in [-0.15, -0.1) is 10.2 Å². The van der Waals surface area contributed by atoms with Crippen LogP contribution < -0.4 is 0 Å². The molecule has 114 valence electrons. The van der Waals surface area contributed by atoms with Crippen LogP contribution in [0.25, 0.3) is 11.4 Å². The van der Waals surface area contributed by atoms with E-state index in [2.05, 4.69) is 25.6 Å². The van der Waals surface area contributed by atoms with Crippen molar-refractivity contribution < 1.29 is 8.91 Å². The topological polar surface area (TPSA) is 82.5 Å². The first kappa shape index (κ1) is 14.3. The molecule has 3 aromatic rings. The third-order valence-corrected chi connectivity index (χ3v) is 2.95. The minimum absolute atomic E-state index is 0.190. The molecule has 0 aliphatic carbocycles. The van der Waals surface area contributed by atoms with Crippen LogP contribution in [0.1, 0.15) is 32.5 Å². The Morgan fingerprint density at radius 3 is 2.77 bits per heavy atom. The minimum Gasteiger partial charge on any atom is -0.337 e. The molecular weight excluding hydrogens is 287 g/mol. The van der Waals surface area contributed by atoms with Crippen molar-refractivity contribution in [2.75, 3.05) is 0 Å². The molecule has 0 saturated heterocycles. The largest absolute Gasteiger partial charge is 0.337 e. The van der Waals surface area contributed by atoms with Crippen molar-refractivity contribution in [2.24, 2.45) is 0 Å². The van der Waals surface area contributed by atoms with Crippen molar-refractivity contribution >= 4 is 0 Å². The Morgan fingerprint density at radius 1 is 1.27 bits per heavy atom. The van der Waals surface area contributed by atoms with E-state index in [9.17, 15) is 4.39 Å². The van der Waals surface area contributed by atoms with Crippen LogP contribution in [0.4, 0.5) is 4.39 Å². The van der Waals surface area contributed by atoms with Crippen LogP contribution in [0.3, 0.4) is 0 Å². The van der Waals surface area contributed by atoms with Gasteiger partial charge >= 0.3 is 0 Å². The van der Waals surface area contributed by atoms with Gasteiger partial charge in [0.2, 0.25) is 11.7 Å². The highest BCUT2D eigenvalue weighted by Gasteiger charge is 2.21. The minimum atomic E-state index is -0.347. The molecule has 0 atom stereocenters. The highest BCUT2D eigenvalue weighted by molar-refractivity contribution is 5.53. The van der Waals surface area contributed by atoms with Gasteiger partial charge in [-0.1, -0.05) is 38.1 Å². The van der Waals surface area contributed by atoms with E-state index in [0.29, 0.717) is 23.1 Å². The van der Waals surface area contributed by atoms with Crippen molar-refractivity contribution in [3.8, 4) is 11.4 Å². The van der Waals surface area contributed by atoms with Crippen LogP contribution in [-0.4, -0.2) is 30.3 Å². The van der Waals surface area contributed by atoms with Gasteiger partial charge in [-0.05, 0) is 17.3 Å². The fraction of sp³-hybridized carbons (Fsp3) is 0.357. The predicted molar refractivity (Wildman–Crippen MR) is 75.3 cm³/mol. The first-order valence-electron chi connectivity index (χ1n) is 6.78. The van der Waals surface area contributed by atoms with E-state index in [1.807, 2.05) is 20.8 Å². The summed E-state index contributed by atoms with van der Waals surface area (Å²) in [7, 11) is 0. The van der Waals surface area contributed by atoms with E-state index >= 15 is 0 Å². The second kappa shape index (κ2) is 5.28. The van der Waals surface area contributed by atoms with Crippen LogP contribution in [-0.2, 0) is 12.0 Å². The maximum absolute atomic E-state index is 13.2. The van der Waals surface area contributed by atoms with Gasteiger partial charge in [-0.3, -0.25) is 0 Å². The van der Waals surface area contributed by atoms with Gasteiger partial charge in [0.1, 0.15) is 12.4 Å². The molecule has 2 aromatic heterocycles. The number of hydrogen-bond acceptors (Lipinski definition) is 6. The molecule has 0 N–H and O–H groups in total. The van der Waals surface area contributed by atoms with Crippen LogP contribution in [0.5, 0.6) is 0 Å². The fourth-order valence-corrected chi connectivity index (χ4v) is 1.80. The number of tetrazole rings is 1. The lowest BCUT2D eigenvalue weighted by molar-refractivity contribution is 0.345. The molecule has 0 aliphatic rings. The molecule has 0 bridgehead atoms. The summed E-state index contributed by atoms with van der Waals surface area (Å²) in [5, 5.41) is 15.9. The number of rotatable bonds is 3. The van der Waals surface area contributed by atoms with E-state index in [-0.39, 0.29) is 17.8 Å². The Morgan fingerprint density at radius 2 is 2.09 bits per heavy atom. The van der Waals surface area contributed by atoms with Gasteiger partial charge in [-0.2, -0.15) is 9.78 Å². The Bertz CT molecular complexity index is 788. The quantitative estimate of drug-likeness (QED) is 0.737. The molecule has 1 aromatic carbocycles. The van der Waals surface area contributed by atoms with Crippen molar-refractivity contribution in [2.45, 2.75) is 32.7 Å². The van der Waals surface area contributed by atoms with Crippen molar-refractivity contribution in [1.29, 1.82) is 0 Å². The molecule has 0 aliphatic heterocycles. The van der Waals surface area contributed by atoms with Crippen molar-refractivity contribution in [1.82, 2.24) is 30.3 Å². The second-order valence-electron chi connectivity index (χ2n) is 5.92. The number of aromatic nitrogens is 6. The van der Waals surface area contributed by atoms with Gasteiger partial charge in [0, 0.05) is 11.0 Å². The molecular formula is C14H15FN6O. The van der Waals surface area contributed by atoms with Gasteiger partial charge in [0.15, 0.2) is 5.82 Å². The second-order valence-corrected chi connectivity index (χ2v) is 5.92. The zero-order chi connectivity index (χ0) is 15.7. The van der Waals surface area contributed by atoms with Gasteiger partial charge in [0.25, 0.3) is 0 Å². The zero-order valence-electron chi connectivity index (χ0n) is 12.5. The van der Waals surface area contributed by atoms with Gasteiger partial charge in [-0.25, -0.2) is 4.39 Å². The van der Waals surface area contributed by atoms with Crippen molar-refractivity contribution in [3.05, 3.63) is 41.8 Å². The van der Waals surface area contributed by atoms with E-state index in [1.54, 1.807) is 12.1 Å². The average molecular weight is 302 g/mol. The summed E-state index contributed by atoms with van der Waals surface area (Å²) in [4.78, 5) is 5.64. The molecule has 0 unspecified atom stereocenters. The molecule has 0 radical (unpaired) electrons. The summed E-state index contributed by atoms with van der Waals surface area (Å²) in [6, 6.07) is 6.03. The highest BCUT2D eigenvalue weighted by Crippen LogP contribution is 2.19. The van der Waals surface area contributed by atoms with E-state index in [1.165, 1.54) is 16.9 Å². The van der Waals surface area contributed by atoms with E-state index in [0.717, 1.165) is 0 Å². The summed E-state index contributed by atoms with van der Waals surface area (Å²) in [5.41, 5.74) is 0.372. The third kappa shape index (κ3) is 3.00. The lowest BCUT2D eigenvalue weighted by atomic mass is 9.96. The summed E-state index contributed by atoms with van der Waals surface area (Å²) < 4.78 is 18.4. The molecule has 0 fully saturated rings. The zero-order valence-corrected chi connectivity index (χ0v) is 12.5. The maximum atomic E-state index is 13.2. The first-order chi connectivity index (χ1) is 10.4. The molecule has 22 heavy (non-hydrogen) atoms. The highest BCUT2D eigenvalue weighted by atomic mass is 19.1. The first-order valence-corrected chi connectivity index (χ1v) is 6.78.